The van der Waals surface area contributed by atoms with Crippen molar-refractivity contribution >= 4 is 17.8 Å². The number of benzene rings is 1. The van der Waals surface area contributed by atoms with Gasteiger partial charge in [-0.2, -0.15) is 0 Å². The van der Waals surface area contributed by atoms with Gasteiger partial charge in [0.2, 0.25) is 5.91 Å². The van der Waals surface area contributed by atoms with Crippen molar-refractivity contribution in [2.75, 3.05) is 6.54 Å². The van der Waals surface area contributed by atoms with Crippen molar-refractivity contribution in [3.8, 4) is 0 Å². The van der Waals surface area contributed by atoms with E-state index in [1.54, 1.807) is 6.92 Å². The van der Waals surface area contributed by atoms with Crippen LogP contribution in [0.5, 0.6) is 0 Å². The molecule has 3 rings (SSSR count). The van der Waals surface area contributed by atoms with Crippen LogP contribution in [0, 0.1) is 0 Å². The van der Waals surface area contributed by atoms with Gasteiger partial charge in [-0.05, 0) is 31.7 Å². The molecule has 1 aliphatic heterocycles. The molecular weight excluding hydrogens is 330 g/mol. The topological polar surface area (TPSA) is 78.5 Å². The number of amides is 4. The lowest BCUT2D eigenvalue weighted by Gasteiger charge is -2.24. The van der Waals surface area contributed by atoms with Crippen molar-refractivity contribution in [2.24, 2.45) is 0 Å². The molecule has 2 unspecified atom stereocenters. The highest BCUT2D eigenvalue weighted by atomic mass is 16.2. The third-order valence-corrected chi connectivity index (χ3v) is 5.70. The lowest BCUT2D eigenvalue weighted by molar-refractivity contribution is -0.137. The maximum atomic E-state index is 12.8. The molecule has 2 N–H and O–H groups in total. The first-order valence-electron chi connectivity index (χ1n) is 9.47. The fraction of sp³-hybridized carbons (Fsp3) is 0.550. The summed E-state index contributed by atoms with van der Waals surface area (Å²) >= 11 is 0. The quantitative estimate of drug-likeness (QED) is 0.768. The standard InChI is InChI=1S/C20H27N3O3/c1-3-15(16-9-5-4-6-10-16)13-21-17(24)14(2)23-18(25)20(22-19(23)26)11-7-8-12-20/h4-6,9-10,14-15H,3,7-8,11-13H2,1-2H3,(H,21,24)(H,22,26). The predicted octanol–water partition coefficient (Wildman–Crippen LogP) is 2.55. The Kier molecular flexibility index (Phi) is 5.30. The van der Waals surface area contributed by atoms with Gasteiger partial charge in [-0.15, -0.1) is 0 Å². The summed E-state index contributed by atoms with van der Waals surface area (Å²) < 4.78 is 0. The Hall–Kier alpha value is -2.37. The van der Waals surface area contributed by atoms with Crippen molar-refractivity contribution in [1.82, 2.24) is 15.5 Å². The number of urea groups is 1. The van der Waals surface area contributed by atoms with Crippen molar-refractivity contribution in [3.05, 3.63) is 35.9 Å². The molecular formula is C20H27N3O3. The number of carbonyl (C=O) groups excluding carboxylic acids is 3. The van der Waals surface area contributed by atoms with Crippen LogP contribution in [0.25, 0.3) is 0 Å². The Morgan fingerprint density at radius 2 is 1.88 bits per heavy atom. The molecule has 26 heavy (non-hydrogen) atoms. The van der Waals surface area contributed by atoms with E-state index in [0.29, 0.717) is 19.4 Å². The van der Waals surface area contributed by atoms with Gasteiger partial charge in [0.25, 0.3) is 5.91 Å². The van der Waals surface area contributed by atoms with Crippen LogP contribution >= 0.6 is 0 Å². The van der Waals surface area contributed by atoms with Crippen LogP contribution in [0.1, 0.15) is 57.4 Å². The normalized spacial score (nSPS) is 20.9. The van der Waals surface area contributed by atoms with E-state index in [0.717, 1.165) is 24.2 Å². The Bertz CT molecular complexity index is 683. The number of rotatable bonds is 6. The van der Waals surface area contributed by atoms with E-state index in [1.807, 2.05) is 30.3 Å². The summed E-state index contributed by atoms with van der Waals surface area (Å²) in [6.07, 6.45) is 4.07. The molecule has 2 fully saturated rings. The number of carbonyl (C=O) groups is 3. The second-order valence-corrected chi connectivity index (χ2v) is 7.33. The molecule has 6 heteroatoms. The maximum Gasteiger partial charge on any atom is 0.325 e. The summed E-state index contributed by atoms with van der Waals surface area (Å²) in [4.78, 5) is 38.8. The molecule has 1 spiro atoms. The van der Waals surface area contributed by atoms with Crippen LogP contribution in [0.3, 0.4) is 0 Å². The van der Waals surface area contributed by atoms with E-state index in [-0.39, 0.29) is 17.7 Å². The molecule has 1 aromatic rings. The Morgan fingerprint density at radius 3 is 2.50 bits per heavy atom. The summed E-state index contributed by atoms with van der Waals surface area (Å²) in [5.74, 6) is -0.340. The van der Waals surface area contributed by atoms with E-state index in [2.05, 4.69) is 17.6 Å². The molecule has 1 saturated heterocycles. The monoisotopic (exact) mass is 357 g/mol. The van der Waals surface area contributed by atoms with Gasteiger partial charge in [0.1, 0.15) is 11.6 Å². The fourth-order valence-corrected chi connectivity index (χ4v) is 4.02. The zero-order valence-electron chi connectivity index (χ0n) is 15.5. The molecule has 140 valence electrons. The van der Waals surface area contributed by atoms with Crippen LogP contribution < -0.4 is 10.6 Å². The summed E-state index contributed by atoms with van der Waals surface area (Å²) in [6, 6.07) is 8.77. The van der Waals surface area contributed by atoms with Gasteiger partial charge in [0.05, 0.1) is 0 Å². The zero-order valence-corrected chi connectivity index (χ0v) is 15.5. The van der Waals surface area contributed by atoms with E-state index >= 15 is 0 Å². The minimum absolute atomic E-state index is 0.205. The first-order chi connectivity index (χ1) is 12.5. The highest BCUT2D eigenvalue weighted by molar-refractivity contribution is 6.09. The van der Waals surface area contributed by atoms with Gasteiger partial charge >= 0.3 is 6.03 Å². The smallest absolute Gasteiger partial charge is 0.325 e. The first kappa shape index (κ1) is 18.4. The Balaban J connectivity index is 1.62. The number of nitrogens with one attached hydrogen (secondary N) is 2. The van der Waals surface area contributed by atoms with Gasteiger partial charge in [-0.1, -0.05) is 50.1 Å². The minimum atomic E-state index is -0.809. The molecule has 0 radical (unpaired) electrons. The van der Waals surface area contributed by atoms with Crippen LogP contribution in [0.2, 0.25) is 0 Å². The maximum absolute atomic E-state index is 12.8. The van der Waals surface area contributed by atoms with Crippen LogP contribution in [-0.4, -0.2) is 40.9 Å². The largest absolute Gasteiger partial charge is 0.354 e. The third-order valence-electron chi connectivity index (χ3n) is 5.70. The van der Waals surface area contributed by atoms with Crippen molar-refractivity contribution in [1.29, 1.82) is 0 Å². The van der Waals surface area contributed by atoms with Crippen LogP contribution in [0.4, 0.5) is 4.79 Å². The molecule has 1 aromatic carbocycles. The molecule has 0 bridgehead atoms. The Labute approximate surface area is 154 Å². The molecule has 1 heterocycles. The van der Waals surface area contributed by atoms with Gasteiger partial charge in [0.15, 0.2) is 0 Å². The van der Waals surface area contributed by atoms with Crippen LogP contribution in [-0.2, 0) is 9.59 Å². The van der Waals surface area contributed by atoms with E-state index in [9.17, 15) is 14.4 Å². The van der Waals surface area contributed by atoms with Crippen molar-refractivity contribution < 1.29 is 14.4 Å². The zero-order chi connectivity index (χ0) is 18.7. The van der Waals surface area contributed by atoms with E-state index in [1.165, 1.54) is 5.56 Å². The molecule has 6 nitrogen and oxygen atoms in total. The number of imide groups is 1. The first-order valence-corrected chi connectivity index (χ1v) is 9.47. The number of nitrogens with zero attached hydrogens (tertiary/aromatic N) is 1. The van der Waals surface area contributed by atoms with Crippen molar-refractivity contribution in [3.63, 3.8) is 0 Å². The molecule has 4 amide bonds. The molecule has 1 saturated carbocycles. The second-order valence-electron chi connectivity index (χ2n) is 7.33. The van der Waals surface area contributed by atoms with E-state index in [4.69, 9.17) is 0 Å². The molecule has 2 aliphatic rings. The molecule has 0 aromatic heterocycles. The van der Waals surface area contributed by atoms with Gasteiger partial charge in [0, 0.05) is 12.5 Å². The third kappa shape index (κ3) is 3.32. The van der Waals surface area contributed by atoms with Crippen molar-refractivity contribution in [2.45, 2.75) is 63.5 Å². The summed E-state index contributed by atoms with van der Waals surface area (Å²) in [5, 5.41) is 5.74. The van der Waals surface area contributed by atoms with Gasteiger partial charge in [-0.25, -0.2) is 9.69 Å². The Morgan fingerprint density at radius 1 is 1.23 bits per heavy atom. The number of hydrogen-bond acceptors (Lipinski definition) is 3. The predicted molar refractivity (Wildman–Crippen MR) is 98.5 cm³/mol. The van der Waals surface area contributed by atoms with E-state index < -0.39 is 17.6 Å². The number of hydrogen-bond donors (Lipinski definition) is 2. The average Bonchev–Trinajstić information content (AvgIpc) is 3.21. The van der Waals surface area contributed by atoms with Gasteiger partial charge in [-0.3, -0.25) is 9.59 Å². The highest BCUT2D eigenvalue weighted by Crippen LogP contribution is 2.35. The molecule has 1 aliphatic carbocycles. The summed E-state index contributed by atoms with van der Waals surface area (Å²) in [7, 11) is 0. The molecule has 2 atom stereocenters. The summed E-state index contributed by atoms with van der Waals surface area (Å²) in [6.45, 7) is 4.18. The minimum Gasteiger partial charge on any atom is -0.354 e. The lowest BCUT2D eigenvalue weighted by Crippen LogP contribution is -2.50. The summed E-state index contributed by atoms with van der Waals surface area (Å²) in [5.41, 5.74) is 0.393. The average molecular weight is 357 g/mol. The fourth-order valence-electron chi connectivity index (χ4n) is 4.02. The van der Waals surface area contributed by atoms with Gasteiger partial charge < -0.3 is 10.6 Å². The lowest BCUT2D eigenvalue weighted by atomic mass is 9.96. The SMILES string of the molecule is CCC(CNC(=O)C(C)N1C(=O)NC2(CCCC2)C1=O)c1ccccc1. The second kappa shape index (κ2) is 7.48. The van der Waals surface area contributed by atoms with Crippen LogP contribution in [0.15, 0.2) is 30.3 Å². The highest BCUT2D eigenvalue weighted by Gasteiger charge is 2.54.